The van der Waals surface area contributed by atoms with Crippen molar-refractivity contribution in [3.05, 3.63) is 89.2 Å². The number of benzene rings is 2. The van der Waals surface area contributed by atoms with Crippen molar-refractivity contribution in [3.63, 3.8) is 0 Å². The molecule has 0 bridgehead atoms. The van der Waals surface area contributed by atoms with Crippen LogP contribution in [-0.2, 0) is 17.5 Å². The molecule has 3 amide bonds. The van der Waals surface area contributed by atoms with Crippen LogP contribution >= 0.6 is 0 Å². The zero-order valence-corrected chi connectivity index (χ0v) is 28.7. The van der Waals surface area contributed by atoms with Crippen molar-refractivity contribution in [2.45, 2.75) is 38.9 Å². The van der Waals surface area contributed by atoms with Gasteiger partial charge in [-0.25, -0.2) is 14.8 Å². The van der Waals surface area contributed by atoms with E-state index in [1.54, 1.807) is 37.6 Å². The number of piperazine rings is 1. The van der Waals surface area contributed by atoms with Gasteiger partial charge in [-0.05, 0) is 74.3 Å². The maximum absolute atomic E-state index is 13.6. The number of anilines is 6. The van der Waals surface area contributed by atoms with Crippen LogP contribution in [0.3, 0.4) is 0 Å². The summed E-state index contributed by atoms with van der Waals surface area (Å²) in [7, 11) is 1.60. The van der Waals surface area contributed by atoms with E-state index < -0.39 is 23.6 Å². The molecule has 2 aromatic heterocycles. The molecule has 0 spiro atoms. The number of carbonyl (C=O) groups excluding carboxylic acids is 2. The number of fused-ring (bicyclic) bond motifs is 1. The summed E-state index contributed by atoms with van der Waals surface area (Å²) in [5, 5.41) is 14.6. The van der Waals surface area contributed by atoms with Crippen LogP contribution in [-0.4, -0.2) is 82.6 Å². The lowest BCUT2D eigenvalue weighted by Crippen LogP contribution is -2.46. The van der Waals surface area contributed by atoms with E-state index in [-0.39, 0.29) is 30.5 Å². The molecule has 0 saturated carbocycles. The molecule has 13 nitrogen and oxygen atoms in total. The second kappa shape index (κ2) is 15.2. The van der Waals surface area contributed by atoms with Crippen LogP contribution in [0.25, 0.3) is 0 Å². The van der Waals surface area contributed by atoms with E-state index in [0.717, 1.165) is 62.7 Å². The van der Waals surface area contributed by atoms with Crippen LogP contribution in [0.15, 0.2) is 67.0 Å². The van der Waals surface area contributed by atoms with E-state index >= 15 is 0 Å². The number of hydrogen-bond donors (Lipinski definition) is 3. The van der Waals surface area contributed by atoms with Crippen molar-refractivity contribution in [3.8, 4) is 0 Å². The van der Waals surface area contributed by atoms with Gasteiger partial charge in [0.1, 0.15) is 11.6 Å². The van der Waals surface area contributed by atoms with Crippen LogP contribution in [0.1, 0.15) is 46.3 Å². The molecule has 4 aromatic rings. The minimum atomic E-state index is -4.58. The second-order valence-electron chi connectivity index (χ2n) is 12.7. The Labute approximate surface area is 298 Å². The number of aryl methyl sites for hydroxylation is 1. The number of nitrogens with zero attached hydrogens (tertiary/aromatic N) is 7. The Hall–Kier alpha value is -5.77. The third kappa shape index (κ3) is 8.39. The summed E-state index contributed by atoms with van der Waals surface area (Å²) < 4.78 is 39.5. The van der Waals surface area contributed by atoms with Gasteiger partial charge in [0, 0.05) is 62.7 Å². The molecule has 0 atom stereocenters. The standard InChI is InChI=1S/C36H38F3N9O4/c1-23-9-10-27(42-33(51)24-6-5-7-26(18-24)36(37,38)39)19-29(23)48-22-25-20-41-34(44-32(25)45(2)35(48)52)43-28-11-12-30(40-21-28)47-16-14-46(15-17-47)13-4-3-8-31(49)50/h5-7,9-12,18-21H,3-4,8,13-17,22H2,1-2H3,(H,42,51)(H,49,50)(H,41,43,44). The SMILES string of the molecule is Cc1ccc(NC(=O)c2cccc(C(F)(F)F)c2)cc1N1Cc2cnc(Nc3ccc(N4CCN(CCCCC(=O)O)CC4)nc3)nc2N(C)C1=O. The Balaban J connectivity index is 1.08. The molecule has 16 heteroatoms. The molecule has 1 fully saturated rings. The minimum Gasteiger partial charge on any atom is -0.481 e. The van der Waals surface area contributed by atoms with Crippen molar-refractivity contribution in [2.24, 2.45) is 0 Å². The number of unbranched alkanes of at least 4 members (excludes halogenated alkanes) is 1. The first-order valence-corrected chi connectivity index (χ1v) is 16.8. The van der Waals surface area contributed by atoms with Crippen LogP contribution in [0.5, 0.6) is 0 Å². The van der Waals surface area contributed by atoms with Gasteiger partial charge in [0.05, 0.1) is 29.7 Å². The normalized spacial score (nSPS) is 15.0. The Bertz CT molecular complexity index is 1950. The molecule has 4 heterocycles. The summed E-state index contributed by atoms with van der Waals surface area (Å²) in [6.07, 6.45) is 0.504. The van der Waals surface area contributed by atoms with Gasteiger partial charge < -0.3 is 20.6 Å². The maximum atomic E-state index is 13.6. The molecule has 272 valence electrons. The third-order valence-corrected chi connectivity index (χ3v) is 9.03. The summed E-state index contributed by atoms with van der Waals surface area (Å²) >= 11 is 0. The molecule has 0 radical (unpaired) electrons. The largest absolute Gasteiger partial charge is 0.481 e. The fourth-order valence-corrected chi connectivity index (χ4v) is 6.16. The first-order chi connectivity index (χ1) is 24.9. The van der Waals surface area contributed by atoms with E-state index in [1.807, 2.05) is 19.1 Å². The number of rotatable bonds is 11. The van der Waals surface area contributed by atoms with Gasteiger partial charge in [-0.2, -0.15) is 18.2 Å². The van der Waals surface area contributed by atoms with Crippen molar-refractivity contribution < 1.29 is 32.7 Å². The Kier molecular flexibility index (Phi) is 10.6. The van der Waals surface area contributed by atoms with E-state index in [0.29, 0.717) is 34.9 Å². The predicted molar refractivity (Wildman–Crippen MR) is 190 cm³/mol. The molecule has 1 saturated heterocycles. The highest BCUT2D eigenvalue weighted by Gasteiger charge is 2.33. The molecule has 0 aliphatic carbocycles. The molecule has 2 aliphatic rings. The third-order valence-electron chi connectivity index (χ3n) is 9.03. The number of aliphatic carboxylic acids is 1. The molecule has 3 N–H and O–H groups in total. The zero-order valence-electron chi connectivity index (χ0n) is 28.7. The lowest BCUT2D eigenvalue weighted by Gasteiger charge is -2.35. The van der Waals surface area contributed by atoms with Crippen molar-refractivity contribution >= 4 is 52.6 Å². The Morgan fingerprint density at radius 1 is 0.942 bits per heavy atom. The van der Waals surface area contributed by atoms with Crippen molar-refractivity contribution in [1.82, 2.24) is 19.9 Å². The molecule has 52 heavy (non-hydrogen) atoms. The number of carboxylic acid groups (broad SMARTS) is 1. The number of halogens is 3. The van der Waals surface area contributed by atoms with E-state index in [9.17, 15) is 27.6 Å². The summed E-state index contributed by atoms with van der Waals surface area (Å²) in [5.41, 5.74) is 1.84. The smallest absolute Gasteiger partial charge is 0.416 e. The first kappa shape index (κ1) is 36.0. The van der Waals surface area contributed by atoms with Gasteiger partial charge in [-0.1, -0.05) is 12.1 Å². The number of nitrogens with one attached hydrogen (secondary N) is 2. The van der Waals surface area contributed by atoms with Gasteiger partial charge in [0.15, 0.2) is 0 Å². The second-order valence-corrected chi connectivity index (χ2v) is 12.7. The first-order valence-electron chi connectivity index (χ1n) is 16.8. The number of pyridine rings is 1. The van der Waals surface area contributed by atoms with Gasteiger partial charge in [0.2, 0.25) is 5.95 Å². The van der Waals surface area contributed by atoms with Crippen LogP contribution in [0.4, 0.5) is 52.6 Å². The number of hydrogen-bond acceptors (Lipinski definition) is 9. The highest BCUT2D eigenvalue weighted by atomic mass is 19.4. The average molecular weight is 718 g/mol. The predicted octanol–water partition coefficient (Wildman–Crippen LogP) is 6.15. The quantitative estimate of drug-likeness (QED) is 0.155. The lowest BCUT2D eigenvalue weighted by molar-refractivity contribution is -0.138. The topological polar surface area (TPSA) is 147 Å². The Morgan fingerprint density at radius 3 is 2.42 bits per heavy atom. The number of alkyl halides is 3. The van der Waals surface area contributed by atoms with E-state index in [1.165, 1.54) is 21.9 Å². The summed E-state index contributed by atoms with van der Waals surface area (Å²) in [4.78, 5) is 58.4. The van der Waals surface area contributed by atoms with Crippen LogP contribution in [0, 0.1) is 6.92 Å². The van der Waals surface area contributed by atoms with Gasteiger partial charge in [-0.15, -0.1) is 0 Å². The molecule has 0 unspecified atom stereocenters. The number of carboxylic acids is 1. The summed E-state index contributed by atoms with van der Waals surface area (Å²) in [5.74, 6) is 0.0885. The molecular formula is C36H38F3N9O4. The molecule has 6 rings (SSSR count). The van der Waals surface area contributed by atoms with Gasteiger partial charge in [0.25, 0.3) is 5.91 Å². The van der Waals surface area contributed by atoms with Crippen LogP contribution < -0.4 is 25.3 Å². The number of urea groups is 1. The zero-order chi connectivity index (χ0) is 37.0. The van der Waals surface area contributed by atoms with Gasteiger partial charge >= 0.3 is 18.2 Å². The number of aromatic nitrogens is 3. The fraction of sp³-hybridized carbons (Fsp3) is 0.333. The fourth-order valence-electron chi connectivity index (χ4n) is 6.16. The van der Waals surface area contributed by atoms with Crippen molar-refractivity contribution in [1.29, 1.82) is 0 Å². The summed E-state index contributed by atoms with van der Waals surface area (Å²) in [6, 6.07) is 12.6. The van der Waals surface area contributed by atoms with Gasteiger partial charge in [-0.3, -0.25) is 24.3 Å². The van der Waals surface area contributed by atoms with E-state index in [4.69, 9.17) is 5.11 Å². The summed E-state index contributed by atoms with van der Waals surface area (Å²) in [6.45, 7) is 6.25. The molecule has 2 aliphatic heterocycles. The van der Waals surface area contributed by atoms with Crippen LogP contribution in [0.2, 0.25) is 0 Å². The lowest BCUT2D eigenvalue weighted by atomic mass is 10.1. The number of carbonyl (C=O) groups is 3. The Morgan fingerprint density at radius 2 is 1.71 bits per heavy atom. The highest BCUT2D eigenvalue weighted by molar-refractivity contribution is 6.07. The maximum Gasteiger partial charge on any atom is 0.416 e. The minimum absolute atomic E-state index is 0.147. The van der Waals surface area contributed by atoms with Crippen molar-refractivity contribution in [2.75, 3.05) is 65.1 Å². The monoisotopic (exact) mass is 717 g/mol. The van der Waals surface area contributed by atoms with E-state index in [2.05, 4.69) is 35.4 Å². The number of amides is 3. The average Bonchev–Trinajstić information content (AvgIpc) is 3.13. The molecule has 2 aromatic carbocycles. The molecular weight excluding hydrogens is 679 g/mol. The highest BCUT2D eigenvalue weighted by Crippen LogP contribution is 2.34.